The van der Waals surface area contributed by atoms with Gasteiger partial charge in [0.1, 0.15) is 5.75 Å². The summed E-state index contributed by atoms with van der Waals surface area (Å²) in [5, 5.41) is 9.13. The first-order valence-corrected chi connectivity index (χ1v) is 5.44. The van der Waals surface area contributed by atoms with E-state index in [4.69, 9.17) is 9.84 Å². The highest BCUT2D eigenvalue weighted by Gasteiger charge is 2.71. The summed E-state index contributed by atoms with van der Waals surface area (Å²) in [6, 6.07) is 1.91. The van der Waals surface area contributed by atoms with E-state index in [9.17, 15) is 26.3 Å². The molecule has 0 aliphatic heterocycles. The largest absolute Gasteiger partial charge is 0.496 e. The van der Waals surface area contributed by atoms with E-state index in [1.165, 1.54) is 7.11 Å². The van der Waals surface area contributed by atoms with Crippen molar-refractivity contribution in [3.05, 3.63) is 28.2 Å². The summed E-state index contributed by atoms with van der Waals surface area (Å²) in [4.78, 5) is 0. The maximum atomic E-state index is 12.6. The molecule has 9 heteroatoms. The number of methoxy groups -OCH3 is 1. The van der Waals surface area contributed by atoms with Crippen LogP contribution in [0.1, 0.15) is 5.56 Å². The van der Waals surface area contributed by atoms with Crippen LogP contribution in [0.3, 0.4) is 0 Å². The smallest absolute Gasteiger partial charge is 0.430 e. The van der Waals surface area contributed by atoms with Gasteiger partial charge in [0.2, 0.25) is 0 Å². The third-order valence-corrected chi connectivity index (χ3v) is 3.01. The molecule has 1 aromatic carbocycles. The van der Waals surface area contributed by atoms with Gasteiger partial charge in [-0.1, -0.05) is 6.07 Å². The second kappa shape index (κ2) is 4.86. The lowest BCUT2D eigenvalue weighted by Gasteiger charge is -2.32. The molecule has 0 amide bonds. The van der Waals surface area contributed by atoms with Crippen LogP contribution in [0.5, 0.6) is 5.75 Å². The van der Waals surface area contributed by atoms with E-state index < -0.39 is 23.5 Å². The van der Waals surface area contributed by atoms with E-state index in [-0.39, 0.29) is 10.2 Å². The molecule has 2 nitrogen and oxygen atoms in total. The molecule has 1 rings (SSSR count). The lowest BCUT2D eigenvalue weighted by atomic mass is 9.92. The first kappa shape index (κ1) is 16.1. The van der Waals surface area contributed by atoms with Crippen molar-refractivity contribution in [2.45, 2.75) is 18.0 Å². The maximum absolute atomic E-state index is 12.6. The first-order valence-electron chi connectivity index (χ1n) is 4.65. The molecule has 108 valence electrons. The Morgan fingerprint density at radius 1 is 1.05 bits per heavy atom. The summed E-state index contributed by atoms with van der Waals surface area (Å²) in [5.41, 5.74) is -6.28. The van der Waals surface area contributed by atoms with Crippen LogP contribution in [-0.2, 0) is 5.60 Å². The Labute approximate surface area is 112 Å². The molecular weight excluding hydrogens is 346 g/mol. The monoisotopic (exact) mass is 352 g/mol. The summed E-state index contributed by atoms with van der Waals surface area (Å²) in [7, 11) is 1.19. The molecule has 0 atom stereocenters. The minimum Gasteiger partial charge on any atom is -0.496 e. The average Bonchev–Trinajstić information content (AvgIpc) is 2.24. The Morgan fingerprint density at radius 2 is 1.53 bits per heavy atom. The van der Waals surface area contributed by atoms with E-state index in [0.717, 1.165) is 6.07 Å². The molecule has 0 spiro atoms. The topological polar surface area (TPSA) is 29.5 Å². The zero-order valence-corrected chi connectivity index (χ0v) is 10.8. The summed E-state index contributed by atoms with van der Waals surface area (Å²) >= 11 is 2.76. The van der Waals surface area contributed by atoms with Gasteiger partial charge in [0, 0.05) is 5.56 Å². The number of benzene rings is 1. The number of ether oxygens (including phenoxy) is 1. The summed E-state index contributed by atoms with van der Waals surface area (Å²) in [6.07, 6.45) is -11.8. The van der Waals surface area contributed by atoms with Crippen molar-refractivity contribution in [1.82, 2.24) is 0 Å². The maximum Gasteiger partial charge on any atom is 0.430 e. The van der Waals surface area contributed by atoms with Gasteiger partial charge in [-0.05, 0) is 28.1 Å². The van der Waals surface area contributed by atoms with Gasteiger partial charge in [0.25, 0.3) is 5.60 Å². The van der Waals surface area contributed by atoms with Crippen molar-refractivity contribution < 1.29 is 36.2 Å². The molecule has 1 N–H and O–H groups in total. The fourth-order valence-corrected chi connectivity index (χ4v) is 1.92. The molecule has 0 saturated carbocycles. The third kappa shape index (κ3) is 2.66. The highest BCUT2D eigenvalue weighted by atomic mass is 79.9. The minimum atomic E-state index is -5.90. The molecule has 0 aliphatic rings. The number of aliphatic hydroxyl groups is 1. The standard InChI is InChI=1S/C10H7BrF6O2/c1-19-7-3-2-5(4-6(7)11)8(18,9(12,13)14)10(15,16)17/h2-4,18H,1H3. The molecule has 0 fully saturated rings. The molecule has 0 saturated heterocycles. The number of hydrogen-bond donors (Lipinski definition) is 1. The highest BCUT2D eigenvalue weighted by molar-refractivity contribution is 9.10. The number of halogens is 7. The van der Waals surface area contributed by atoms with Crippen molar-refractivity contribution >= 4 is 15.9 Å². The van der Waals surface area contributed by atoms with Gasteiger partial charge in [0.05, 0.1) is 11.6 Å². The van der Waals surface area contributed by atoms with Crippen molar-refractivity contribution in [2.24, 2.45) is 0 Å². The van der Waals surface area contributed by atoms with Gasteiger partial charge in [-0.3, -0.25) is 0 Å². The van der Waals surface area contributed by atoms with Crippen LogP contribution in [0.15, 0.2) is 22.7 Å². The Bertz CT molecular complexity index is 454. The first-order chi connectivity index (χ1) is 8.45. The second-order valence-electron chi connectivity index (χ2n) is 3.56. The molecule has 0 bridgehead atoms. The Balaban J connectivity index is 3.48. The zero-order chi connectivity index (χ0) is 15.1. The molecule has 0 aromatic heterocycles. The molecule has 0 aliphatic carbocycles. The van der Waals surface area contributed by atoms with Crippen LogP contribution < -0.4 is 4.74 Å². The Hall–Kier alpha value is -0.960. The van der Waals surface area contributed by atoms with E-state index in [1.807, 2.05) is 0 Å². The molecule has 19 heavy (non-hydrogen) atoms. The van der Waals surface area contributed by atoms with Gasteiger partial charge < -0.3 is 9.84 Å². The van der Waals surface area contributed by atoms with E-state index in [0.29, 0.717) is 12.1 Å². The van der Waals surface area contributed by atoms with E-state index >= 15 is 0 Å². The van der Waals surface area contributed by atoms with Crippen LogP contribution in [0.4, 0.5) is 26.3 Å². The van der Waals surface area contributed by atoms with E-state index in [2.05, 4.69) is 15.9 Å². The number of hydrogen-bond acceptors (Lipinski definition) is 2. The number of alkyl halides is 6. The molecule has 0 unspecified atom stereocenters. The van der Waals surface area contributed by atoms with E-state index in [1.54, 1.807) is 0 Å². The Morgan fingerprint density at radius 3 is 1.84 bits per heavy atom. The fraction of sp³-hybridized carbons (Fsp3) is 0.400. The van der Waals surface area contributed by atoms with Crippen LogP contribution in [-0.4, -0.2) is 24.6 Å². The predicted octanol–water partition coefficient (Wildman–Crippen LogP) is 3.77. The average molecular weight is 353 g/mol. The summed E-state index contributed by atoms with van der Waals surface area (Å²) in [6.45, 7) is 0. The van der Waals surface area contributed by atoms with Crippen molar-refractivity contribution in [2.75, 3.05) is 7.11 Å². The van der Waals surface area contributed by atoms with Gasteiger partial charge in [0.15, 0.2) is 0 Å². The van der Waals surface area contributed by atoms with Crippen molar-refractivity contribution in [1.29, 1.82) is 0 Å². The van der Waals surface area contributed by atoms with Crippen LogP contribution in [0, 0.1) is 0 Å². The van der Waals surface area contributed by atoms with Gasteiger partial charge in [-0.15, -0.1) is 0 Å². The lowest BCUT2D eigenvalue weighted by molar-refractivity contribution is -0.376. The van der Waals surface area contributed by atoms with Crippen molar-refractivity contribution in [3.63, 3.8) is 0 Å². The predicted molar refractivity (Wildman–Crippen MR) is 56.7 cm³/mol. The quantitative estimate of drug-likeness (QED) is 0.821. The lowest BCUT2D eigenvalue weighted by Crippen LogP contribution is -2.53. The number of rotatable bonds is 2. The van der Waals surface area contributed by atoms with Gasteiger partial charge in [-0.25, -0.2) is 0 Å². The van der Waals surface area contributed by atoms with Crippen LogP contribution in [0.2, 0.25) is 0 Å². The summed E-state index contributed by atoms with van der Waals surface area (Å²) in [5.74, 6) is 0.0375. The molecule has 1 aromatic rings. The summed E-state index contributed by atoms with van der Waals surface area (Å²) < 4.78 is 80.1. The Kier molecular flexibility index (Phi) is 4.12. The molecular formula is C10H7BrF6O2. The normalized spacial score (nSPS) is 13.5. The third-order valence-electron chi connectivity index (χ3n) is 2.39. The SMILES string of the molecule is COc1ccc(C(O)(C(F)(F)F)C(F)(F)F)cc1Br. The highest BCUT2D eigenvalue weighted by Crippen LogP contribution is 2.50. The fourth-order valence-electron chi connectivity index (χ4n) is 1.38. The van der Waals surface area contributed by atoms with Crippen LogP contribution in [0.25, 0.3) is 0 Å². The van der Waals surface area contributed by atoms with Crippen molar-refractivity contribution in [3.8, 4) is 5.75 Å². The van der Waals surface area contributed by atoms with Gasteiger partial charge >= 0.3 is 12.4 Å². The second-order valence-corrected chi connectivity index (χ2v) is 4.41. The molecule has 0 radical (unpaired) electrons. The minimum absolute atomic E-state index is 0.0375. The van der Waals surface area contributed by atoms with Crippen LogP contribution >= 0.6 is 15.9 Å². The zero-order valence-electron chi connectivity index (χ0n) is 9.23. The molecule has 0 heterocycles. The van der Waals surface area contributed by atoms with Gasteiger partial charge in [-0.2, -0.15) is 26.3 Å².